The number of rotatable bonds is 45. The molecule has 0 aliphatic carbocycles. The molecule has 1 unspecified atom stereocenters. The predicted molar refractivity (Wildman–Crippen MR) is 274 cm³/mol. The summed E-state index contributed by atoms with van der Waals surface area (Å²) in [5.41, 5.74) is 0. The summed E-state index contributed by atoms with van der Waals surface area (Å²) in [7, 11) is 0. The van der Waals surface area contributed by atoms with Gasteiger partial charge in [0.05, 0.1) is 0 Å². The zero-order valence-corrected chi connectivity index (χ0v) is 41.3. The van der Waals surface area contributed by atoms with E-state index >= 15 is 0 Å². The Balaban J connectivity index is 4.44. The lowest BCUT2D eigenvalue weighted by atomic mass is 10.1. The molecule has 0 aromatic heterocycles. The van der Waals surface area contributed by atoms with E-state index in [1.165, 1.54) is 38.5 Å². The van der Waals surface area contributed by atoms with E-state index in [2.05, 4.69) is 130 Å². The maximum Gasteiger partial charge on any atom is 0.306 e. The van der Waals surface area contributed by atoms with Gasteiger partial charge < -0.3 is 14.2 Å². The molecule has 0 rings (SSSR count). The number of carbonyl (C=O) groups is 3. The molecule has 0 radical (unpaired) electrons. The van der Waals surface area contributed by atoms with Crippen LogP contribution in [0.1, 0.15) is 220 Å². The van der Waals surface area contributed by atoms with Crippen LogP contribution in [0.4, 0.5) is 0 Å². The summed E-state index contributed by atoms with van der Waals surface area (Å²) >= 11 is 0. The van der Waals surface area contributed by atoms with E-state index in [0.29, 0.717) is 19.3 Å². The normalized spacial score (nSPS) is 13.0. The lowest BCUT2D eigenvalue weighted by Gasteiger charge is -2.18. The maximum absolute atomic E-state index is 12.8. The summed E-state index contributed by atoms with van der Waals surface area (Å²) in [6.07, 6.45) is 69.3. The van der Waals surface area contributed by atoms with Crippen LogP contribution in [-0.4, -0.2) is 37.2 Å². The molecule has 64 heavy (non-hydrogen) atoms. The number of allylic oxidation sites excluding steroid dienone is 18. The number of unbranched alkanes of at least 4 members (excludes halogenated alkanes) is 17. The molecular weight excluding hydrogens is 793 g/mol. The van der Waals surface area contributed by atoms with Gasteiger partial charge in [0.15, 0.2) is 6.10 Å². The van der Waals surface area contributed by atoms with Gasteiger partial charge in [-0.1, -0.05) is 201 Å². The van der Waals surface area contributed by atoms with E-state index in [1.54, 1.807) is 0 Å². The van der Waals surface area contributed by atoms with Gasteiger partial charge in [0, 0.05) is 19.3 Å². The quantitative estimate of drug-likeness (QED) is 0.0199. The highest BCUT2D eigenvalue weighted by atomic mass is 16.6. The Labute approximate surface area is 393 Å². The molecule has 0 saturated carbocycles. The fraction of sp³-hybridized carbons (Fsp3) is 0.638. The van der Waals surface area contributed by atoms with Gasteiger partial charge in [-0.25, -0.2) is 0 Å². The van der Waals surface area contributed by atoms with Crippen molar-refractivity contribution in [1.29, 1.82) is 0 Å². The van der Waals surface area contributed by atoms with Crippen LogP contribution in [0.25, 0.3) is 0 Å². The van der Waals surface area contributed by atoms with E-state index in [1.807, 2.05) is 0 Å². The Bertz CT molecular complexity index is 1340. The van der Waals surface area contributed by atoms with Crippen molar-refractivity contribution in [2.45, 2.75) is 226 Å². The minimum absolute atomic E-state index is 0.102. The minimum atomic E-state index is -0.803. The van der Waals surface area contributed by atoms with Crippen LogP contribution in [0, 0.1) is 0 Å². The van der Waals surface area contributed by atoms with Crippen LogP contribution >= 0.6 is 0 Å². The molecule has 0 aromatic carbocycles. The van der Waals surface area contributed by atoms with Crippen LogP contribution < -0.4 is 0 Å². The number of carbonyl (C=O) groups excluding carboxylic acids is 3. The smallest absolute Gasteiger partial charge is 0.306 e. The fourth-order valence-electron chi connectivity index (χ4n) is 6.66. The second-order valence-corrected chi connectivity index (χ2v) is 16.7. The van der Waals surface area contributed by atoms with Crippen molar-refractivity contribution in [3.63, 3.8) is 0 Å². The molecule has 0 fully saturated rings. The lowest BCUT2D eigenvalue weighted by Crippen LogP contribution is -2.30. The summed E-state index contributed by atoms with van der Waals surface area (Å²) in [6.45, 7) is 6.30. The highest BCUT2D eigenvalue weighted by Gasteiger charge is 2.19. The van der Waals surface area contributed by atoms with E-state index in [-0.39, 0.29) is 31.1 Å². The largest absolute Gasteiger partial charge is 0.462 e. The average molecular weight is 887 g/mol. The fourth-order valence-corrected chi connectivity index (χ4v) is 6.66. The molecule has 1 atom stereocenters. The predicted octanol–water partition coefficient (Wildman–Crippen LogP) is 17.1. The van der Waals surface area contributed by atoms with Crippen molar-refractivity contribution in [1.82, 2.24) is 0 Å². The number of ether oxygens (including phenoxy) is 3. The Kier molecular flexibility index (Phi) is 48.5. The zero-order valence-electron chi connectivity index (χ0n) is 41.3. The van der Waals surface area contributed by atoms with Crippen molar-refractivity contribution in [2.75, 3.05) is 13.2 Å². The first-order chi connectivity index (χ1) is 31.5. The van der Waals surface area contributed by atoms with Gasteiger partial charge in [0.2, 0.25) is 0 Å². The highest BCUT2D eigenvalue weighted by Crippen LogP contribution is 2.13. The Hall–Kier alpha value is -3.93. The number of esters is 3. The van der Waals surface area contributed by atoms with Gasteiger partial charge in [0.1, 0.15) is 13.2 Å². The molecule has 0 saturated heterocycles. The van der Waals surface area contributed by atoms with Crippen LogP contribution in [-0.2, 0) is 28.6 Å². The van der Waals surface area contributed by atoms with E-state index in [4.69, 9.17) is 14.2 Å². The van der Waals surface area contributed by atoms with Crippen molar-refractivity contribution < 1.29 is 28.6 Å². The van der Waals surface area contributed by atoms with E-state index in [0.717, 1.165) is 141 Å². The van der Waals surface area contributed by atoms with Gasteiger partial charge in [-0.2, -0.15) is 0 Å². The summed E-state index contributed by atoms with van der Waals surface area (Å²) < 4.78 is 16.7. The lowest BCUT2D eigenvalue weighted by molar-refractivity contribution is -0.167. The third kappa shape index (κ3) is 49.1. The van der Waals surface area contributed by atoms with Crippen LogP contribution in [0.2, 0.25) is 0 Å². The molecule has 0 N–H and O–H groups in total. The standard InChI is InChI=1S/C58H94O6/c1-4-7-10-13-16-19-22-24-26-28-29-30-32-33-36-39-42-45-48-51-57(60)63-54-55(53-62-56(59)50-47-44-41-38-35-21-18-15-12-9-6-3)64-58(61)52-49-46-43-40-37-34-31-27-25-23-20-17-14-11-8-5-2/h7-8,10-11,15-21,24-27,29-30,35,55H,4-6,9,12-14,22-23,28,31-34,36-54H2,1-3H3/b10-7-,11-8-,18-15-,19-16-,20-17-,26-24-,27-25-,30-29-,35-21-. The highest BCUT2D eigenvalue weighted by molar-refractivity contribution is 5.71. The third-order valence-corrected chi connectivity index (χ3v) is 10.5. The monoisotopic (exact) mass is 887 g/mol. The van der Waals surface area contributed by atoms with Gasteiger partial charge in [-0.3, -0.25) is 14.4 Å². The van der Waals surface area contributed by atoms with Gasteiger partial charge in [0.25, 0.3) is 0 Å². The summed E-state index contributed by atoms with van der Waals surface area (Å²) in [5.74, 6) is -0.962. The van der Waals surface area contributed by atoms with Crippen LogP contribution in [0.3, 0.4) is 0 Å². The average Bonchev–Trinajstić information content (AvgIpc) is 3.29. The molecule has 0 bridgehead atoms. The van der Waals surface area contributed by atoms with Crippen molar-refractivity contribution in [3.05, 3.63) is 109 Å². The van der Waals surface area contributed by atoms with Crippen molar-refractivity contribution in [3.8, 4) is 0 Å². The van der Waals surface area contributed by atoms with Gasteiger partial charge in [-0.05, 0) is 109 Å². The van der Waals surface area contributed by atoms with Gasteiger partial charge in [-0.15, -0.1) is 0 Å². The summed E-state index contributed by atoms with van der Waals surface area (Å²) in [5, 5.41) is 0. The molecule has 0 heterocycles. The minimum Gasteiger partial charge on any atom is -0.462 e. The zero-order chi connectivity index (χ0) is 46.5. The molecule has 0 amide bonds. The SMILES string of the molecule is CC/C=C\C/C=C\C/C=C\C/C=C\CCCCCCCCC(=O)OCC(COC(=O)CCCCC/C=C\C=C/CCCC)OC(=O)CCCCCCCC/C=C\C/C=C\C/C=C\CC. The first kappa shape index (κ1) is 60.1. The summed E-state index contributed by atoms with van der Waals surface area (Å²) in [6, 6.07) is 0. The molecule has 6 heteroatoms. The van der Waals surface area contributed by atoms with Crippen LogP contribution in [0.5, 0.6) is 0 Å². The maximum atomic E-state index is 12.8. The Morgan fingerprint density at radius 2 is 0.656 bits per heavy atom. The molecule has 0 spiro atoms. The summed E-state index contributed by atoms with van der Waals surface area (Å²) in [4.78, 5) is 38.0. The van der Waals surface area contributed by atoms with Gasteiger partial charge >= 0.3 is 17.9 Å². The molecule has 0 aromatic rings. The first-order valence-electron chi connectivity index (χ1n) is 25.9. The molecule has 362 valence electrons. The van der Waals surface area contributed by atoms with E-state index in [9.17, 15) is 14.4 Å². The molecule has 6 nitrogen and oxygen atoms in total. The molecular formula is C58H94O6. The topological polar surface area (TPSA) is 78.9 Å². The second kappa shape index (κ2) is 51.7. The van der Waals surface area contributed by atoms with Crippen molar-refractivity contribution in [2.24, 2.45) is 0 Å². The van der Waals surface area contributed by atoms with Crippen molar-refractivity contribution >= 4 is 17.9 Å². The van der Waals surface area contributed by atoms with E-state index < -0.39 is 6.10 Å². The number of hydrogen-bond donors (Lipinski definition) is 0. The number of hydrogen-bond acceptors (Lipinski definition) is 6. The third-order valence-electron chi connectivity index (χ3n) is 10.5. The second-order valence-electron chi connectivity index (χ2n) is 16.7. The van der Waals surface area contributed by atoms with Crippen LogP contribution in [0.15, 0.2) is 109 Å². The molecule has 0 aliphatic rings. The molecule has 0 aliphatic heterocycles. The Morgan fingerprint density at radius 3 is 1.06 bits per heavy atom. The Morgan fingerprint density at radius 1 is 0.344 bits per heavy atom. The first-order valence-corrected chi connectivity index (χ1v) is 25.9.